The molecule has 1 heterocycles. The minimum absolute atomic E-state index is 0.0450. The van der Waals surface area contributed by atoms with Crippen LogP contribution in [0.25, 0.3) is 0 Å². The number of nitrogens with zero attached hydrogens (tertiary/aromatic N) is 2. The Morgan fingerprint density at radius 1 is 1.24 bits per heavy atom. The van der Waals surface area contributed by atoms with Gasteiger partial charge in [-0.3, -0.25) is 30.4 Å². The van der Waals surface area contributed by atoms with Crippen molar-refractivity contribution in [2.75, 3.05) is 5.43 Å². The molecule has 112 valence electrons. The van der Waals surface area contributed by atoms with E-state index in [2.05, 4.69) is 5.43 Å². The number of anilines is 1. The van der Waals surface area contributed by atoms with Crippen molar-refractivity contribution in [3.05, 3.63) is 33.9 Å². The van der Waals surface area contributed by atoms with Crippen LogP contribution >= 0.6 is 0 Å². The van der Waals surface area contributed by atoms with Crippen LogP contribution in [0.15, 0.2) is 18.2 Å². The SMILES string of the molecule is NNc1ccc(CN2C(=O)CCCCC2=O)cc1[N+](=O)[O-]. The summed E-state index contributed by atoms with van der Waals surface area (Å²) in [4.78, 5) is 35.4. The van der Waals surface area contributed by atoms with Crippen molar-refractivity contribution in [1.29, 1.82) is 0 Å². The zero-order valence-corrected chi connectivity index (χ0v) is 11.4. The lowest BCUT2D eigenvalue weighted by Crippen LogP contribution is -2.34. The Balaban J connectivity index is 2.26. The van der Waals surface area contributed by atoms with Crippen LogP contribution in [0.4, 0.5) is 11.4 Å². The highest BCUT2D eigenvalue weighted by molar-refractivity contribution is 5.96. The second kappa shape index (κ2) is 6.31. The first kappa shape index (κ1) is 14.9. The number of rotatable bonds is 4. The fraction of sp³-hybridized carbons (Fsp3) is 0.385. The maximum atomic E-state index is 11.9. The number of amides is 2. The molecule has 8 heteroatoms. The standard InChI is InChI=1S/C13H16N4O4/c14-15-10-6-5-9(7-11(10)17(20)21)8-16-12(18)3-1-2-4-13(16)19/h5-7,15H,1-4,8,14H2. The van der Waals surface area contributed by atoms with E-state index in [0.717, 1.165) is 0 Å². The average molecular weight is 292 g/mol. The van der Waals surface area contributed by atoms with Crippen molar-refractivity contribution in [2.45, 2.75) is 32.2 Å². The normalized spacial score (nSPS) is 15.8. The maximum Gasteiger partial charge on any atom is 0.293 e. The molecule has 0 spiro atoms. The van der Waals surface area contributed by atoms with Gasteiger partial charge in [-0.05, 0) is 24.5 Å². The number of nitrogens with one attached hydrogen (secondary N) is 1. The van der Waals surface area contributed by atoms with Gasteiger partial charge in [0.25, 0.3) is 5.69 Å². The summed E-state index contributed by atoms with van der Waals surface area (Å²) in [6, 6.07) is 4.38. The average Bonchev–Trinajstić information content (AvgIpc) is 2.62. The third-order valence-corrected chi connectivity index (χ3v) is 3.39. The van der Waals surface area contributed by atoms with Crippen molar-refractivity contribution in [3.63, 3.8) is 0 Å². The van der Waals surface area contributed by atoms with Crippen LogP contribution in [0.3, 0.4) is 0 Å². The number of hydrogen-bond acceptors (Lipinski definition) is 6. The Hall–Kier alpha value is -2.48. The van der Waals surface area contributed by atoms with Crippen LogP contribution in [-0.4, -0.2) is 21.6 Å². The van der Waals surface area contributed by atoms with Gasteiger partial charge >= 0.3 is 0 Å². The van der Waals surface area contributed by atoms with Crippen LogP contribution in [0.2, 0.25) is 0 Å². The smallest absolute Gasteiger partial charge is 0.293 e. The molecule has 1 aliphatic rings. The number of imide groups is 1. The van der Waals surface area contributed by atoms with Gasteiger partial charge in [-0.1, -0.05) is 6.07 Å². The first-order valence-corrected chi connectivity index (χ1v) is 6.60. The number of hydrogen-bond donors (Lipinski definition) is 2. The number of nitro groups is 1. The van der Waals surface area contributed by atoms with E-state index in [-0.39, 0.29) is 29.7 Å². The summed E-state index contributed by atoms with van der Waals surface area (Å²) in [6.07, 6.45) is 2.04. The monoisotopic (exact) mass is 292 g/mol. The van der Waals surface area contributed by atoms with Gasteiger partial charge in [-0.25, -0.2) is 0 Å². The van der Waals surface area contributed by atoms with Gasteiger partial charge in [-0.15, -0.1) is 0 Å². The molecule has 0 atom stereocenters. The summed E-state index contributed by atoms with van der Waals surface area (Å²) in [5.41, 5.74) is 2.75. The van der Waals surface area contributed by atoms with E-state index >= 15 is 0 Å². The Bertz CT molecular complexity index is 570. The molecule has 1 aliphatic heterocycles. The van der Waals surface area contributed by atoms with E-state index in [1.165, 1.54) is 17.0 Å². The number of nitro benzene ring substituents is 1. The van der Waals surface area contributed by atoms with Crippen molar-refractivity contribution in [2.24, 2.45) is 5.84 Å². The quantitative estimate of drug-likeness (QED) is 0.374. The molecule has 0 bridgehead atoms. The summed E-state index contributed by atoms with van der Waals surface area (Å²) in [7, 11) is 0. The molecule has 0 aliphatic carbocycles. The molecular formula is C13H16N4O4. The van der Waals surface area contributed by atoms with Crippen LogP contribution in [-0.2, 0) is 16.1 Å². The minimum atomic E-state index is -0.565. The van der Waals surface area contributed by atoms with Crippen LogP contribution in [0, 0.1) is 10.1 Å². The molecule has 21 heavy (non-hydrogen) atoms. The molecule has 1 fully saturated rings. The zero-order chi connectivity index (χ0) is 15.4. The summed E-state index contributed by atoms with van der Waals surface area (Å²) in [6.45, 7) is 0.0450. The highest BCUT2D eigenvalue weighted by Crippen LogP contribution is 2.26. The van der Waals surface area contributed by atoms with Crippen molar-refractivity contribution in [1.82, 2.24) is 4.90 Å². The van der Waals surface area contributed by atoms with Gasteiger partial charge in [0.05, 0.1) is 11.5 Å². The second-order valence-electron chi connectivity index (χ2n) is 4.83. The fourth-order valence-electron chi connectivity index (χ4n) is 2.27. The molecule has 0 saturated carbocycles. The van der Waals surface area contributed by atoms with E-state index in [0.29, 0.717) is 31.2 Å². The topological polar surface area (TPSA) is 119 Å². The van der Waals surface area contributed by atoms with Crippen molar-refractivity contribution < 1.29 is 14.5 Å². The molecule has 3 N–H and O–H groups in total. The van der Waals surface area contributed by atoms with E-state index in [1.54, 1.807) is 6.07 Å². The number of nitrogen functional groups attached to an aromatic ring is 1. The third kappa shape index (κ3) is 3.34. The number of nitrogens with two attached hydrogens (primary N) is 1. The number of likely N-dealkylation sites (tertiary alicyclic amines) is 1. The van der Waals surface area contributed by atoms with Gasteiger partial charge in [-0.2, -0.15) is 0 Å². The Morgan fingerprint density at radius 2 is 1.86 bits per heavy atom. The lowest BCUT2D eigenvalue weighted by atomic mass is 10.1. The number of carbonyl (C=O) groups excluding carboxylic acids is 2. The molecule has 2 amide bonds. The summed E-state index contributed by atoms with van der Waals surface area (Å²) < 4.78 is 0. The largest absolute Gasteiger partial charge is 0.318 e. The maximum absolute atomic E-state index is 11.9. The fourth-order valence-corrected chi connectivity index (χ4v) is 2.27. The minimum Gasteiger partial charge on any atom is -0.318 e. The van der Waals surface area contributed by atoms with Crippen LogP contribution in [0.1, 0.15) is 31.2 Å². The van der Waals surface area contributed by atoms with Crippen LogP contribution < -0.4 is 11.3 Å². The van der Waals surface area contributed by atoms with Gasteiger partial charge in [0, 0.05) is 18.9 Å². The first-order valence-electron chi connectivity index (χ1n) is 6.60. The van der Waals surface area contributed by atoms with Crippen molar-refractivity contribution >= 4 is 23.2 Å². The number of carbonyl (C=O) groups is 2. The highest BCUT2D eigenvalue weighted by atomic mass is 16.6. The van der Waals surface area contributed by atoms with Crippen molar-refractivity contribution in [3.8, 4) is 0 Å². The molecule has 0 radical (unpaired) electrons. The van der Waals surface area contributed by atoms with E-state index in [4.69, 9.17) is 5.84 Å². The Morgan fingerprint density at radius 3 is 2.38 bits per heavy atom. The molecule has 0 aromatic heterocycles. The Kier molecular flexibility index (Phi) is 4.49. The summed E-state index contributed by atoms with van der Waals surface area (Å²) >= 11 is 0. The first-order chi connectivity index (χ1) is 10.0. The second-order valence-corrected chi connectivity index (χ2v) is 4.83. The molecule has 2 rings (SSSR count). The summed E-state index contributed by atoms with van der Waals surface area (Å²) in [5, 5.41) is 11.0. The molecule has 0 unspecified atom stereocenters. The van der Waals surface area contributed by atoms with E-state index < -0.39 is 4.92 Å². The van der Waals surface area contributed by atoms with E-state index in [1.807, 2.05) is 0 Å². The van der Waals surface area contributed by atoms with E-state index in [9.17, 15) is 19.7 Å². The van der Waals surface area contributed by atoms with Gasteiger partial charge in [0.1, 0.15) is 5.69 Å². The molecule has 1 aromatic carbocycles. The number of hydrazine groups is 1. The lowest BCUT2D eigenvalue weighted by molar-refractivity contribution is -0.384. The van der Waals surface area contributed by atoms with Gasteiger partial charge in [0.15, 0.2) is 0 Å². The summed E-state index contributed by atoms with van der Waals surface area (Å²) in [5.74, 6) is 4.74. The Labute approximate surface area is 121 Å². The van der Waals surface area contributed by atoms with Gasteiger partial charge in [0.2, 0.25) is 11.8 Å². The predicted octanol–water partition coefficient (Wildman–Crippen LogP) is 1.31. The molecule has 1 aromatic rings. The van der Waals surface area contributed by atoms with Crippen LogP contribution in [0.5, 0.6) is 0 Å². The van der Waals surface area contributed by atoms with Gasteiger partial charge < -0.3 is 5.43 Å². The molecule has 1 saturated heterocycles. The zero-order valence-electron chi connectivity index (χ0n) is 11.4. The predicted molar refractivity (Wildman–Crippen MR) is 74.9 cm³/mol. The highest BCUT2D eigenvalue weighted by Gasteiger charge is 2.25. The number of benzene rings is 1. The third-order valence-electron chi connectivity index (χ3n) is 3.39. The lowest BCUT2D eigenvalue weighted by Gasteiger charge is -2.18. The molecule has 8 nitrogen and oxygen atoms in total. The molecular weight excluding hydrogens is 276 g/mol.